The highest BCUT2D eigenvalue weighted by atomic mass is 32.2. The first-order chi connectivity index (χ1) is 15.0. The third-order valence-corrected chi connectivity index (χ3v) is 5.61. The van der Waals surface area contributed by atoms with Crippen molar-refractivity contribution in [2.45, 2.75) is 11.7 Å². The number of carbonyl (C=O) groups excluding carboxylic acids is 1. The van der Waals surface area contributed by atoms with Crippen molar-refractivity contribution in [1.29, 1.82) is 0 Å². The SMILES string of the molecule is O=CC1C(c2cccc([N+](=O)[O-])c2)=C(c2ccc(CS(=O)O)cc2)Oc2ccccc21. The number of non-ortho nitro benzene ring substituents is 1. The summed E-state index contributed by atoms with van der Waals surface area (Å²) in [7, 11) is 0. The summed E-state index contributed by atoms with van der Waals surface area (Å²) in [6.07, 6.45) is 0.804. The summed E-state index contributed by atoms with van der Waals surface area (Å²) in [4.78, 5) is 23.0. The van der Waals surface area contributed by atoms with Gasteiger partial charge in [0.1, 0.15) is 17.8 Å². The van der Waals surface area contributed by atoms with Crippen LogP contribution in [0.2, 0.25) is 0 Å². The summed E-state index contributed by atoms with van der Waals surface area (Å²) in [6.45, 7) is 0. The smallest absolute Gasteiger partial charge is 0.270 e. The molecular formula is C23H17NO6S. The molecule has 3 aromatic rings. The van der Waals surface area contributed by atoms with Crippen molar-refractivity contribution in [3.63, 3.8) is 0 Å². The number of nitro benzene ring substituents is 1. The zero-order valence-electron chi connectivity index (χ0n) is 16.1. The number of hydrogen-bond donors (Lipinski definition) is 1. The molecule has 0 spiro atoms. The summed E-state index contributed by atoms with van der Waals surface area (Å²) in [5.41, 5.74) is 2.94. The standard InChI is InChI=1S/C23H17NO6S/c25-13-20-19-6-1-2-7-21(19)30-23(16-10-8-15(9-11-16)14-31(28)29)22(20)17-4-3-5-18(12-17)24(26)27/h1-13,20H,14H2,(H,28,29). The van der Waals surface area contributed by atoms with E-state index in [0.29, 0.717) is 39.3 Å². The molecule has 0 amide bonds. The average molecular weight is 435 g/mol. The number of aldehydes is 1. The highest BCUT2D eigenvalue weighted by Gasteiger charge is 2.31. The second-order valence-corrected chi connectivity index (χ2v) is 7.90. The van der Waals surface area contributed by atoms with Gasteiger partial charge in [0.15, 0.2) is 11.1 Å². The van der Waals surface area contributed by atoms with Gasteiger partial charge in [-0.1, -0.05) is 54.6 Å². The van der Waals surface area contributed by atoms with Gasteiger partial charge in [0.2, 0.25) is 0 Å². The summed E-state index contributed by atoms with van der Waals surface area (Å²) in [6, 6.07) is 20.2. The van der Waals surface area contributed by atoms with E-state index in [0.717, 1.165) is 6.29 Å². The fourth-order valence-electron chi connectivity index (χ4n) is 3.64. The van der Waals surface area contributed by atoms with Crippen LogP contribution in [0.1, 0.15) is 28.2 Å². The van der Waals surface area contributed by atoms with Gasteiger partial charge in [0.25, 0.3) is 5.69 Å². The van der Waals surface area contributed by atoms with Crippen molar-refractivity contribution in [2.75, 3.05) is 0 Å². The van der Waals surface area contributed by atoms with E-state index in [1.807, 2.05) is 0 Å². The minimum absolute atomic E-state index is 0.00226. The van der Waals surface area contributed by atoms with E-state index in [-0.39, 0.29) is 11.4 Å². The molecule has 0 bridgehead atoms. The van der Waals surface area contributed by atoms with E-state index in [1.54, 1.807) is 60.7 Å². The zero-order valence-corrected chi connectivity index (χ0v) is 17.0. The molecular weight excluding hydrogens is 418 g/mol. The van der Waals surface area contributed by atoms with Crippen molar-refractivity contribution in [3.05, 3.63) is 105 Å². The number of nitrogens with zero attached hydrogens (tertiary/aromatic N) is 1. The van der Waals surface area contributed by atoms with E-state index in [1.165, 1.54) is 12.1 Å². The Morgan fingerprint density at radius 3 is 2.45 bits per heavy atom. The number of benzene rings is 3. The van der Waals surface area contributed by atoms with Crippen LogP contribution in [0.25, 0.3) is 11.3 Å². The lowest BCUT2D eigenvalue weighted by molar-refractivity contribution is -0.384. The van der Waals surface area contributed by atoms with Gasteiger partial charge in [-0.05, 0) is 17.2 Å². The molecule has 0 saturated heterocycles. The van der Waals surface area contributed by atoms with Crippen LogP contribution < -0.4 is 4.74 Å². The first-order valence-corrected chi connectivity index (χ1v) is 10.6. The number of carbonyl (C=O) groups is 1. The van der Waals surface area contributed by atoms with Gasteiger partial charge in [0, 0.05) is 28.8 Å². The Balaban J connectivity index is 1.91. The van der Waals surface area contributed by atoms with Gasteiger partial charge in [-0.3, -0.25) is 10.1 Å². The van der Waals surface area contributed by atoms with E-state index < -0.39 is 21.9 Å². The molecule has 1 aliphatic rings. The quantitative estimate of drug-likeness (QED) is 0.263. The van der Waals surface area contributed by atoms with Crippen molar-refractivity contribution >= 4 is 34.4 Å². The molecule has 4 rings (SSSR count). The monoisotopic (exact) mass is 435 g/mol. The maximum atomic E-state index is 12.2. The minimum atomic E-state index is -1.96. The number of nitro groups is 1. The fraction of sp³-hybridized carbons (Fsp3) is 0.0870. The summed E-state index contributed by atoms with van der Waals surface area (Å²) in [5.74, 6) is 0.265. The van der Waals surface area contributed by atoms with Crippen LogP contribution in [0.5, 0.6) is 5.75 Å². The second kappa shape index (κ2) is 8.63. The topological polar surface area (TPSA) is 107 Å². The average Bonchev–Trinajstić information content (AvgIpc) is 2.78. The molecule has 0 radical (unpaired) electrons. The number of hydrogen-bond acceptors (Lipinski definition) is 5. The van der Waals surface area contributed by atoms with Crippen LogP contribution in [-0.4, -0.2) is 20.0 Å². The molecule has 2 unspecified atom stereocenters. The summed E-state index contributed by atoms with van der Waals surface area (Å²) >= 11 is -1.96. The van der Waals surface area contributed by atoms with Crippen molar-refractivity contribution in [1.82, 2.24) is 0 Å². The van der Waals surface area contributed by atoms with Crippen molar-refractivity contribution < 1.29 is 23.2 Å². The van der Waals surface area contributed by atoms with Gasteiger partial charge in [-0.25, -0.2) is 4.21 Å². The molecule has 7 nitrogen and oxygen atoms in total. The molecule has 0 aliphatic carbocycles. The first-order valence-electron chi connectivity index (χ1n) is 9.35. The molecule has 0 aromatic heterocycles. The number of ether oxygens (including phenoxy) is 1. The highest BCUT2D eigenvalue weighted by Crippen LogP contribution is 2.46. The number of fused-ring (bicyclic) bond motifs is 1. The van der Waals surface area contributed by atoms with Crippen LogP contribution in [0.15, 0.2) is 72.8 Å². The molecule has 31 heavy (non-hydrogen) atoms. The van der Waals surface area contributed by atoms with Crippen LogP contribution in [0.4, 0.5) is 5.69 Å². The molecule has 1 aliphatic heterocycles. The zero-order chi connectivity index (χ0) is 22.0. The lowest BCUT2D eigenvalue weighted by Gasteiger charge is -2.28. The third-order valence-electron chi connectivity index (χ3n) is 5.03. The maximum Gasteiger partial charge on any atom is 0.270 e. The molecule has 0 fully saturated rings. The Hall–Kier alpha value is -3.62. The predicted octanol–water partition coefficient (Wildman–Crippen LogP) is 4.56. The lowest BCUT2D eigenvalue weighted by Crippen LogP contribution is -2.16. The minimum Gasteiger partial charge on any atom is -0.456 e. The predicted molar refractivity (Wildman–Crippen MR) is 117 cm³/mol. The Morgan fingerprint density at radius 1 is 1.03 bits per heavy atom. The largest absolute Gasteiger partial charge is 0.456 e. The Kier molecular flexibility index (Phi) is 5.75. The van der Waals surface area contributed by atoms with Crippen molar-refractivity contribution in [3.8, 4) is 5.75 Å². The normalized spacial score (nSPS) is 16.2. The second-order valence-electron chi connectivity index (χ2n) is 6.97. The number of para-hydroxylation sites is 1. The molecule has 3 aromatic carbocycles. The first kappa shape index (κ1) is 20.6. The van der Waals surface area contributed by atoms with Gasteiger partial charge in [-0.2, -0.15) is 0 Å². The van der Waals surface area contributed by atoms with E-state index in [4.69, 9.17) is 9.29 Å². The van der Waals surface area contributed by atoms with Gasteiger partial charge >= 0.3 is 0 Å². The molecule has 1 heterocycles. The Morgan fingerprint density at radius 2 is 1.77 bits per heavy atom. The fourth-order valence-corrected chi connectivity index (χ4v) is 4.12. The van der Waals surface area contributed by atoms with E-state index in [9.17, 15) is 19.1 Å². The lowest BCUT2D eigenvalue weighted by atomic mass is 9.83. The number of rotatable bonds is 6. The molecule has 8 heteroatoms. The van der Waals surface area contributed by atoms with Crippen molar-refractivity contribution in [2.24, 2.45) is 0 Å². The Labute approximate surface area is 180 Å². The third kappa shape index (κ3) is 4.16. The molecule has 2 atom stereocenters. The Bertz CT molecular complexity index is 1220. The van der Waals surface area contributed by atoms with Gasteiger partial charge in [0.05, 0.1) is 16.6 Å². The van der Waals surface area contributed by atoms with E-state index >= 15 is 0 Å². The molecule has 1 N–H and O–H groups in total. The van der Waals surface area contributed by atoms with Crippen LogP contribution in [0.3, 0.4) is 0 Å². The van der Waals surface area contributed by atoms with Crippen LogP contribution >= 0.6 is 0 Å². The highest BCUT2D eigenvalue weighted by molar-refractivity contribution is 7.78. The van der Waals surface area contributed by atoms with E-state index in [2.05, 4.69) is 0 Å². The maximum absolute atomic E-state index is 12.2. The van der Waals surface area contributed by atoms with Gasteiger partial charge in [-0.15, -0.1) is 0 Å². The number of allylic oxidation sites excluding steroid dienone is 1. The summed E-state index contributed by atoms with van der Waals surface area (Å²) < 4.78 is 26.4. The summed E-state index contributed by atoms with van der Waals surface area (Å²) in [5, 5.41) is 11.3. The van der Waals surface area contributed by atoms with Crippen LogP contribution in [0, 0.1) is 10.1 Å². The molecule has 156 valence electrons. The molecule has 0 saturated carbocycles. The van der Waals surface area contributed by atoms with Gasteiger partial charge < -0.3 is 14.1 Å². The van der Waals surface area contributed by atoms with Crippen LogP contribution in [-0.2, 0) is 21.6 Å².